The molecule has 48 heavy (non-hydrogen) atoms. The number of unbranched alkanes of at least 4 members (excludes halogenated alkanes) is 6. The maximum atomic E-state index is 13.9. The van der Waals surface area contributed by atoms with Gasteiger partial charge in [0.05, 0.1) is 40.3 Å². The summed E-state index contributed by atoms with van der Waals surface area (Å²) in [6, 6.07) is 8.00. The van der Waals surface area contributed by atoms with Crippen LogP contribution in [0.1, 0.15) is 106 Å². The summed E-state index contributed by atoms with van der Waals surface area (Å²) in [6.45, 7) is 8.93. The third kappa shape index (κ3) is 10.2. The van der Waals surface area contributed by atoms with Crippen LogP contribution in [0.5, 0.6) is 0 Å². The fourth-order valence-corrected chi connectivity index (χ4v) is 7.17. The van der Waals surface area contributed by atoms with Crippen LogP contribution in [0.3, 0.4) is 0 Å². The van der Waals surface area contributed by atoms with E-state index < -0.39 is 30.0 Å². The van der Waals surface area contributed by atoms with Gasteiger partial charge in [-0.05, 0) is 50.3 Å². The van der Waals surface area contributed by atoms with Gasteiger partial charge in [-0.15, -0.1) is 11.3 Å². The summed E-state index contributed by atoms with van der Waals surface area (Å²) in [6.07, 6.45) is 6.94. The maximum absolute atomic E-state index is 13.9. The first-order chi connectivity index (χ1) is 23.1. The third-order valence-corrected chi connectivity index (χ3v) is 9.96. The number of benzene rings is 1. The van der Waals surface area contributed by atoms with Gasteiger partial charge in [0.25, 0.3) is 0 Å². The van der Waals surface area contributed by atoms with Crippen molar-refractivity contribution in [2.75, 3.05) is 19.6 Å². The number of likely N-dealkylation sites (tertiary alicyclic amines) is 1. The average molecular weight is 681 g/mol. The Morgan fingerprint density at radius 3 is 2.35 bits per heavy atom. The highest BCUT2D eigenvalue weighted by atomic mass is 32.1. The molecule has 4 atom stereocenters. The number of β-amino-alcohol motifs (C(OH)–C–C–N with tert-alkyl or cyclic N) is 1. The van der Waals surface area contributed by atoms with Crippen molar-refractivity contribution in [2.24, 2.45) is 11.7 Å². The number of nitrogens with zero attached hydrogens (tertiary/aromatic N) is 3. The molecule has 0 aliphatic carbocycles. The van der Waals surface area contributed by atoms with E-state index >= 15 is 0 Å². The minimum Gasteiger partial charge on any atom is -0.391 e. The van der Waals surface area contributed by atoms with Gasteiger partial charge in [0.15, 0.2) is 0 Å². The molecule has 3 heterocycles. The zero-order valence-corrected chi connectivity index (χ0v) is 29.6. The molecule has 1 saturated heterocycles. The monoisotopic (exact) mass is 680 g/mol. The number of amides is 3. The summed E-state index contributed by atoms with van der Waals surface area (Å²) < 4.78 is 5.46. The molecule has 2 aromatic heterocycles. The van der Waals surface area contributed by atoms with Crippen LogP contribution in [0.15, 0.2) is 40.4 Å². The predicted octanol–water partition coefficient (Wildman–Crippen LogP) is 5.17. The number of aromatic nitrogens is 2. The molecular formula is C36H52N6O5S. The average Bonchev–Trinajstić information content (AvgIpc) is 3.79. The standard InChI is InChI=1S/C36H52N6O5S/c1-23(2)33(31-18-24(3)41-47-31)36(46)42-21-28(43)19-30(42)35(45)40-29(20-32(44)38-17-11-9-7-5-6-8-10-16-37)26-12-14-27(15-13-26)34-25(4)39-22-48-34/h12-15,18,22-23,28-30,33,43H,5-11,16-17,19-21,37H2,1-4H3,(H,38,44)(H,40,45)/t28-,29+,30+,33-/m1/s1. The molecule has 3 aromatic rings. The zero-order chi connectivity index (χ0) is 34.6. The Hall–Kier alpha value is -3.61. The second-order valence-corrected chi connectivity index (χ2v) is 14.1. The van der Waals surface area contributed by atoms with Gasteiger partial charge in [-0.2, -0.15) is 0 Å². The number of carbonyl (C=O) groups excluding carboxylic acids is 3. The van der Waals surface area contributed by atoms with Crippen molar-refractivity contribution in [1.82, 2.24) is 25.7 Å². The number of nitrogens with one attached hydrogen (secondary N) is 2. The molecule has 1 fully saturated rings. The summed E-state index contributed by atoms with van der Waals surface area (Å²) in [5, 5.41) is 20.7. The summed E-state index contributed by atoms with van der Waals surface area (Å²) >= 11 is 1.56. The van der Waals surface area contributed by atoms with E-state index in [4.69, 9.17) is 10.3 Å². The Bertz CT molecular complexity index is 1470. The number of aryl methyl sites for hydroxylation is 2. The minimum absolute atomic E-state index is 0.0360. The molecule has 5 N–H and O–H groups in total. The summed E-state index contributed by atoms with van der Waals surface area (Å²) in [4.78, 5) is 47.9. The first-order valence-electron chi connectivity index (χ1n) is 17.3. The third-order valence-electron chi connectivity index (χ3n) is 8.98. The zero-order valence-electron chi connectivity index (χ0n) is 28.7. The fraction of sp³-hybridized carbons (Fsp3) is 0.583. The number of thiazole rings is 1. The van der Waals surface area contributed by atoms with Crippen molar-refractivity contribution in [2.45, 2.75) is 110 Å². The quantitative estimate of drug-likeness (QED) is 0.134. The molecule has 11 nitrogen and oxygen atoms in total. The number of aliphatic hydroxyl groups excluding tert-OH is 1. The van der Waals surface area contributed by atoms with Gasteiger partial charge < -0.3 is 30.9 Å². The Kier molecular flexibility index (Phi) is 14.1. The van der Waals surface area contributed by atoms with Crippen LogP contribution in [0.25, 0.3) is 10.4 Å². The van der Waals surface area contributed by atoms with Crippen LogP contribution in [0.2, 0.25) is 0 Å². The molecular weight excluding hydrogens is 629 g/mol. The maximum Gasteiger partial charge on any atom is 0.243 e. The van der Waals surface area contributed by atoms with Gasteiger partial charge in [-0.25, -0.2) is 4.98 Å². The lowest BCUT2D eigenvalue weighted by Gasteiger charge is -2.30. The van der Waals surface area contributed by atoms with E-state index in [9.17, 15) is 19.5 Å². The second kappa shape index (κ2) is 18.2. The number of rotatable bonds is 18. The molecule has 1 aromatic carbocycles. The normalized spacial score (nSPS) is 17.4. The number of aliphatic hydroxyl groups is 1. The van der Waals surface area contributed by atoms with Crippen molar-refractivity contribution in [3.05, 3.63) is 58.6 Å². The molecule has 1 aliphatic rings. The lowest BCUT2D eigenvalue weighted by molar-refractivity contribution is -0.141. The van der Waals surface area contributed by atoms with E-state index in [1.54, 1.807) is 24.3 Å². The van der Waals surface area contributed by atoms with Crippen molar-refractivity contribution >= 4 is 29.1 Å². The van der Waals surface area contributed by atoms with Crippen LogP contribution >= 0.6 is 11.3 Å². The number of hydrogen-bond acceptors (Lipinski definition) is 9. The molecule has 0 unspecified atom stereocenters. The van der Waals surface area contributed by atoms with E-state index in [0.717, 1.165) is 60.3 Å². The van der Waals surface area contributed by atoms with Crippen LogP contribution in [-0.2, 0) is 14.4 Å². The number of hydrogen-bond donors (Lipinski definition) is 4. The molecule has 0 spiro atoms. The Labute approximate surface area is 288 Å². The summed E-state index contributed by atoms with van der Waals surface area (Å²) in [5.41, 5.74) is 10.8. The van der Waals surface area contributed by atoms with Crippen molar-refractivity contribution in [1.29, 1.82) is 0 Å². The SMILES string of the molecule is Cc1cc([C@H](C(=O)N2C[C@H](O)C[C@H]2C(=O)N[C@@H](CC(=O)NCCCCCCCCCN)c2ccc(-c3scnc3C)cc2)C(C)C)on1. The van der Waals surface area contributed by atoms with E-state index in [0.29, 0.717) is 18.0 Å². The number of nitrogens with two attached hydrogens (primary N) is 1. The Balaban J connectivity index is 1.45. The van der Waals surface area contributed by atoms with Gasteiger partial charge in [-0.1, -0.05) is 75.4 Å². The van der Waals surface area contributed by atoms with Crippen LogP contribution in [0.4, 0.5) is 0 Å². The molecule has 262 valence electrons. The van der Waals surface area contributed by atoms with Crippen LogP contribution in [0, 0.1) is 19.8 Å². The topological polar surface area (TPSA) is 164 Å². The van der Waals surface area contributed by atoms with Gasteiger partial charge >= 0.3 is 0 Å². The number of carbonyl (C=O) groups is 3. The van der Waals surface area contributed by atoms with Crippen molar-refractivity contribution < 1.29 is 24.0 Å². The highest BCUT2D eigenvalue weighted by Gasteiger charge is 2.43. The van der Waals surface area contributed by atoms with Gasteiger partial charge in [0.1, 0.15) is 17.7 Å². The molecule has 3 amide bonds. The van der Waals surface area contributed by atoms with Crippen molar-refractivity contribution in [3.63, 3.8) is 0 Å². The van der Waals surface area contributed by atoms with Crippen LogP contribution in [-0.4, -0.2) is 69.6 Å². The van der Waals surface area contributed by atoms with Crippen LogP contribution < -0.4 is 16.4 Å². The molecule has 0 saturated carbocycles. The summed E-state index contributed by atoms with van der Waals surface area (Å²) in [7, 11) is 0. The van der Waals surface area contributed by atoms with E-state index in [1.807, 2.05) is 50.5 Å². The molecule has 4 rings (SSSR count). The fourth-order valence-electron chi connectivity index (χ4n) is 6.35. The molecule has 0 bridgehead atoms. The van der Waals surface area contributed by atoms with E-state index in [1.165, 1.54) is 17.7 Å². The van der Waals surface area contributed by atoms with E-state index in [-0.39, 0.29) is 37.1 Å². The smallest absolute Gasteiger partial charge is 0.243 e. The van der Waals surface area contributed by atoms with Crippen molar-refractivity contribution in [3.8, 4) is 10.4 Å². The predicted molar refractivity (Wildman–Crippen MR) is 187 cm³/mol. The molecule has 0 radical (unpaired) electrons. The Morgan fingerprint density at radius 1 is 1.06 bits per heavy atom. The van der Waals surface area contributed by atoms with Gasteiger partial charge in [0.2, 0.25) is 17.7 Å². The molecule has 12 heteroatoms. The summed E-state index contributed by atoms with van der Waals surface area (Å²) in [5.74, 6) is -1.21. The lowest BCUT2D eigenvalue weighted by Crippen LogP contribution is -2.49. The van der Waals surface area contributed by atoms with Gasteiger partial charge in [0, 0.05) is 25.6 Å². The second-order valence-electron chi connectivity index (χ2n) is 13.3. The largest absolute Gasteiger partial charge is 0.391 e. The van der Waals surface area contributed by atoms with Gasteiger partial charge in [-0.3, -0.25) is 14.4 Å². The highest BCUT2D eigenvalue weighted by Crippen LogP contribution is 2.32. The molecule has 1 aliphatic heterocycles. The lowest BCUT2D eigenvalue weighted by atomic mass is 9.91. The highest BCUT2D eigenvalue weighted by molar-refractivity contribution is 7.13. The first-order valence-corrected chi connectivity index (χ1v) is 18.2. The Morgan fingerprint density at radius 2 is 1.75 bits per heavy atom. The minimum atomic E-state index is -0.896. The van der Waals surface area contributed by atoms with E-state index in [2.05, 4.69) is 20.8 Å². The first kappa shape index (κ1) is 37.2.